The fraction of sp³-hybridized carbons (Fsp3) is 0.750. The molecule has 2 fully saturated rings. The molecule has 2 N–H and O–H groups in total. The van der Waals surface area contributed by atoms with Crippen molar-refractivity contribution in [2.75, 3.05) is 46.8 Å². The Balaban J connectivity index is 0.00000261. The fourth-order valence-corrected chi connectivity index (χ4v) is 5.06. The molecule has 0 radical (unpaired) electrons. The van der Waals surface area contributed by atoms with E-state index in [1.54, 1.807) is 0 Å². The first kappa shape index (κ1) is 22.9. The summed E-state index contributed by atoms with van der Waals surface area (Å²) in [4.78, 5) is 12.4. The van der Waals surface area contributed by atoms with Gasteiger partial charge in [-0.05, 0) is 78.0 Å². The number of nitrogens with zero attached hydrogens (tertiary/aromatic N) is 3. The van der Waals surface area contributed by atoms with Crippen LogP contribution in [0.3, 0.4) is 0 Å². The topological polar surface area (TPSA) is 42.9 Å². The Morgan fingerprint density at radius 3 is 2.41 bits per heavy atom. The van der Waals surface area contributed by atoms with E-state index in [4.69, 9.17) is 0 Å². The molecule has 5 nitrogen and oxygen atoms in total. The molecule has 154 valence electrons. The molecule has 27 heavy (non-hydrogen) atoms. The number of likely N-dealkylation sites (tertiary alicyclic amines) is 2. The van der Waals surface area contributed by atoms with E-state index in [0.29, 0.717) is 0 Å². The molecule has 2 saturated heterocycles. The Morgan fingerprint density at radius 2 is 1.81 bits per heavy atom. The van der Waals surface area contributed by atoms with E-state index in [-0.39, 0.29) is 29.5 Å². The number of nitrogens with one attached hydrogen (secondary N) is 2. The number of hydrogen-bond acceptors (Lipinski definition) is 4. The molecule has 0 aliphatic carbocycles. The third-order valence-corrected chi connectivity index (χ3v) is 6.98. The molecular formula is C20H36IN5S. The van der Waals surface area contributed by atoms with Crippen LogP contribution in [0, 0.1) is 6.92 Å². The van der Waals surface area contributed by atoms with E-state index >= 15 is 0 Å². The van der Waals surface area contributed by atoms with Gasteiger partial charge in [0.1, 0.15) is 0 Å². The lowest BCUT2D eigenvalue weighted by atomic mass is 9.84. The molecule has 0 spiro atoms. The molecule has 0 aromatic carbocycles. The first-order valence-electron chi connectivity index (χ1n) is 10.0. The molecule has 2 aliphatic rings. The normalized spacial score (nSPS) is 21.5. The average Bonchev–Trinajstić information content (AvgIpc) is 3.09. The third kappa shape index (κ3) is 6.30. The Bertz CT molecular complexity index is 589. The van der Waals surface area contributed by atoms with Gasteiger partial charge in [-0.3, -0.25) is 9.89 Å². The van der Waals surface area contributed by atoms with Gasteiger partial charge in [-0.1, -0.05) is 6.42 Å². The summed E-state index contributed by atoms with van der Waals surface area (Å²) in [6.45, 7) is 8.89. The number of hydrogen-bond donors (Lipinski definition) is 2. The molecule has 0 bridgehead atoms. The lowest BCUT2D eigenvalue weighted by Crippen LogP contribution is -2.62. The highest BCUT2D eigenvalue weighted by Gasteiger charge is 2.39. The zero-order chi connectivity index (χ0) is 18.4. The van der Waals surface area contributed by atoms with Crippen LogP contribution < -0.4 is 10.6 Å². The van der Waals surface area contributed by atoms with Crippen LogP contribution >= 0.6 is 35.3 Å². The Hall–Kier alpha value is -0.380. The van der Waals surface area contributed by atoms with Gasteiger partial charge in [-0.25, -0.2) is 0 Å². The molecular weight excluding hydrogens is 469 g/mol. The summed E-state index contributed by atoms with van der Waals surface area (Å²) in [5, 5.41) is 7.14. The summed E-state index contributed by atoms with van der Waals surface area (Å²) in [6.07, 6.45) is 6.59. The summed E-state index contributed by atoms with van der Waals surface area (Å²) in [5.74, 6) is 0.923. The monoisotopic (exact) mass is 505 g/mol. The third-order valence-electron chi connectivity index (χ3n) is 5.98. The lowest BCUT2D eigenvalue weighted by Gasteiger charge is -2.50. The van der Waals surface area contributed by atoms with Crippen LogP contribution in [-0.4, -0.2) is 68.1 Å². The quantitative estimate of drug-likeness (QED) is 0.366. The van der Waals surface area contributed by atoms with Crippen molar-refractivity contribution in [3.8, 4) is 0 Å². The predicted octanol–water partition coefficient (Wildman–Crippen LogP) is 3.29. The smallest absolute Gasteiger partial charge is 0.191 e. The molecule has 3 rings (SSSR count). The van der Waals surface area contributed by atoms with Gasteiger partial charge in [-0.15, -0.1) is 35.3 Å². The molecule has 1 aromatic heterocycles. The van der Waals surface area contributed by atoms with Crippen molar-refractivity contribution in [3.63, 3.8) is 0 Å². The van der Waals surface area contributed by atoms with Gasteiger partial charge in [0.2, 0.25) is 0 Å². The van der Waals surface area contributed by atoms with Crippen LogP contribution in [0.2, 0.25) is 0 Å². The van der Waals surface area contributed by atoms with Crippen molar-refractivity contribution in [2.24, 2.45) is 4.99 Å². The van der Waals surface area contributed by atoms with E-state index < -0.39 is 0 Å². The zero-order valence-corrected chi connectivity index (χ0v) is 20.2. The van der Waals surface area contributed by atoms with Crippen LogP contribution in [0.5, 0.6) is 0 Å². The van der Waals surface area contributed by atoms with Gasteiger partial charge in [-0.2, -0.15) is 0 Å². The van der Waals surface area contributed by atoms with Crippen molar-refractivity contribution in [3.05, 3.63) is 21.9 Å². The lowest BCUT2D eigenvalue weighted by molar-refractivity contribution is 0.0173. The Kier molecular flexibility index (Phi) is 9.31. The largest absolute Gasteiger partial charge is 0.355 e. The van der Waals surface area contributed by atoms with E-state index in [0.717, 1.165) is 19.0 Å². The van der Waals surface area contributed by atoms with E-state index in [1.165, 1.54) is 68.0 Å². The molecule has 0 amide bonds. The number of halogens is 1. The molecule has 0 unspecified atom stereocenters. The van der Waals surface area contributed by atoms with E-state index in [9.17, 15) is 0 Å². The van der Waals surface area contributed by atoms with Crippen molar-refractivity contribution < 1.29 is 0 Å². The van der Waals surface area contributed by atoms with Gasteiger partial charge in [0.05, 0.1) is 6.54 Å². The second-order valence-electron chi connectivity index (χ2n) is 7.87. The summed E-state index contributed by atoms with van der Waals surface area (Å²) >= 11 is 1.85. The van der Waals surface area contributed by atoms with E-state index in [2.05, 4.69) is 51.5 Å². The van der Waals surface area contributed by atoms with Crippen LogP contribution in [0.15, 0.2) is 17.1 Å². The number of thiophene rings is 1. The van der Waals surface area contributed by atoms with Crippen LogP contribution in [-0.2, 0) is 6.54 Å². The highest BCUT2D eigenvalue weighted by Crippen LogP contribution is 2.30. The summed E-state index contributed by atoms with van der Waals surface area (Å²) in [6, 6.07) is 4.38. The van der Waals surface area contributed by atoms with Gasteiger partial charge in [0.25, 0.3) is 0 Å². The van der Waals surface area contributed by atoms with Gasteiger partial charge in [0.15, 0.2) is 5.96 Å². The Morgan fingerprint density at radius 1 is 1.11 bits per heavy atom. The molecule has 0 saturated carbocycles. The summed E-state index contributed by atoms with van der Waals surface area (Å²) < 4.78 is 0. The van der Waals surface area contributed by atoms with Crippen LogP contribution in [0.25, 0.3) is 0 Å². The molecule has 1 aromatic rings. The maximum atomic E-state index is 4.46. The van der Waals surface area contributed by atoms with Gasteiger partial charge < -0.3 is 15.5 Å². The average molecular weight is 506 g/mol. The van der Waals surface area contributed by atoms with Crippen LogP contribution in [0.1, 0.15) is 41.9 Å². The number of aryl methyl sites for hydroxylation is 1. The minimum atomic E-state index is 0. The van der Waals surface area contributed by atoms with E-state index in [1.807, 2.05) is 18.4 Å². The number of aliphatic imine (C=N–C) groups is 1. The standard InChI is InChI=1S/C20H35N5S.HI/c1-17-7-8-18(26-17)15-22-19(21-2)23-16-20(9-13-24(3)14-10-20)25-11-5-4-6-12-25;/h7-8H,4-6,9-16H2,1-3H3,(H2,21,22,23);1H. The second kappa shape index (κ2) is 11.0. The summed E-state index contributed by atoms with van der Waals surface area (Å²) in [7, 11) is 4.12. The first-order valence-corrected chi connectivity index (χ1v) is 10.9. The predicted molar refractivity (Wildman–Crippen MR) is 128 cm³/mol. The van der Waals surface area contributed by atoms with Crippen molar-refractivity contribution in [1.82, 2.24) is 20.4 Å². The minimum absolute atomic E-state index is 0. The number of rotatable bonds is 5. The van der Waals surface area contributed by atoms with Gasteiger partial charge in [0, 0.05) is 28.9 Å². The summed E-state index contributed by atoms with van der Waals surface area (Å²) in [5.41, 5.74) is 0.282. The maximum absolute atomic E-state index is 4.46. The highest BCUT2D eigenvalue weighted by atomic mass is 127. The molecule has 2 aliphatic heterocycles. The van der Waals surface area contributed by atoms with Crippen LogP contribution in [0.4, 0.5) is 0 Å². The zero-order valence-electron chi connectivity index (χ0n) is 17.1. The van der Waals surface area contributed by atoms with Crippen molar-refractivity contribution in [1.29, 1.82) is 0 Å². The SMILES string of the molecule is CN=C(NCc1ccc(C)s1)NCC1(N2CCCCC2)CCN(C)CC1.I. The molecule has 7 heteroatoms. The molecule has 3 heterocycles. The first-order chi connectivity index (χ1) is 12.6. The second-order valence-corrected chi connectivity index (χ2v) is 9.24. The van der Waals surface area contributed by atoms with Gasteiger partial charge >= 0.3 is 0 Å². The highest BCUT2D eigenvalue weighted by molar-refractivity contribution is 14.0. The van der Waals surface area contributed by atoms with Crippen molar-refractivity contribution >= 4 is 41.3 Å². The molecule has 0 atom stereocenters. The fourth-order valence-electron chi connectivity index (χ4n) is 4.23. The minimum Gasteiger partial charge on any atom is -0.355 e. The number of guanidine groups is 1. The van der Waals surface area contributed by atoms with Crippen molar-refractivity contribution in [2.45, 2.75) is 51.1 Å². The maximum Gasteiger partial charge on any atom is 0.191 e. The number of piperidine rings is 2. The Labute approximate surface area is 186 Å².